The fraction of sp³-hybridized carbons (Fsp3) is 0.143. The van der Waals surface area contributed by atoms with E-state index < -0.39 is 18.1 Å². The van der Waals surface area contributed by atoms with Gasteiger partial charge >= 0.3 is 5.97 Å². The van der Waals surface area contributed by atoms with Crippen LogP contribution in [0.5, 0.6) is 5.75 Å². The van der Waals surface area contributed by atoms with E-state index in [0.29, 0.717) is 22.4 Å². The van der Waals surface area contributed by atoms with E-state index in [1.54, 1.807) is 18.3 Å². The molecule has 0 unspecified atom stereocenters. The number of fused-ring (bicyclic) bond motifs is 1. The molecule has 1 aliphatic rings. The third-order valence-corrected chi connectivity index (χ3v) is 4.15. The summed E-state index contributed by atoms with van der Waals surface area (Å²) in [5, 5.41) is 0. The fourth-order valence-corrected chi connectivity index (χ4v) is 2.87. The van der Waals surface area contributed by atoms with Gasteiger partial charge in [-0.2, -0.15) is 0 Å². The van der Waals surface area contributed by atoms with Gasteiger partial charge in [-0.25, -0.2) is 9.18 Å². The Morgan fingerprint density at radius 3 is 2.81 bits per heavy atom. The summed E-state index contributed by atoms with van der Waals surface area (Å²) < 4.78 is 30.9. The number of carbonyl (C=O) groups is 1. The molecule has 136 valence electrons. The van der Waals surface area contributed by atoms with Crippen LogP contribution in [0.3, 0.4) is 0 Å². The molecular weight excluding hydrogens is 349 g/mol. The van der Waals surface area contributed by atoms with Crippen molar-refractivity contribution in [1.82, 2.24) is 4.98 Å². The molecule has 4 rings (SSSR count). The molecule has 2 aromatic carbocycles. The van der Waals surface area contributed by atoms with Gasteiger partial charge in [-0.05, 0) is 24.3 Å². The van der Waals surface area contributed by atoms with Crippen LogP contribution >= 0.6 is 0 Å². The monoisotopic (exact) mass is 365 g/mol. The Bertz CT molecular complexity index is 947. The number of hydrogen-bond acceptors (Lipinski definition) is 5. The second kappa shape index (κ2) is 7.55. The van der Waals surface area contributed by atoms with Crippen molar-refractivity contribution in [1.29, 1.82) is 0 Å². The Kier molecular flexibility index (Phi) is 4.80. The highest BCUT2D eigenvalue weighted by Gasteiger charge is 2.25. The molecule has 27 heavy (non-hydrogen) atoms. The van der Waals surface area contributed by atoms with Crippen LogP contribution in [0.1, 0.15) is 33.3 Å². The van der Waals surface area contributed by atoms with Crippen LogP contribution in [0.4, 0.5) is 4.39 Å². The van der Waals surface area contributed by atoms with Crippen LogP contribution in [-0.2, 0) is 22.7 Å². The van der Waals surface area contributed by atoms with Crippen molar-refractivity contribution in [2.45, 2.75) is 19.5 Å². The van der Waals surface area contributed by atoms with Crippen LogP contribution in [0.2, 0.25) is 0 Å². The van der Waals surface area contributed by atoms with Crippen molar-refractivity contribution >= 4 is 5.97 Å². The zero-order valence-corrected chi connectivity index (χ0v) is 14.3. The number of benzene rings is 2. The molecule has 1 aliphatic heterocycles. The van der Waals surface area contributed by atoms with E-state index in [9.17, 15) is 9.18 Å². The summed E-state index contributed by atoms with van der Waals surface area (Å²) in [6.07, 6.45) is 2.38. The molecule has 1 atom stereocenters. The minimum Gasteiger partial charge on any atom is -0.460 e. The summed E-state index contributed by atoms with van der Waals surface area (Å²) in [5.74, 6) is -0.491. The van der Waals surface area contributed by atoms with E-state index in [4.69, 9.17) is 14.2 Å². The van der Waals surface area contributed by atoms with Crippen LogP contribution < -0.4 is 4.74 Å². The number of esters is 1. The lowest BCUT2D eigenvalue weighted by Crippen LogP contribution is -2.20. The molecule has 0 saturated heterocycles. The summed E-state index contributed by atoms with van der Waals surface area (Å²) >= 11 is 0. The van der Waals surface area contributed by atoms with Gasteiger partial charge in [0, 0.05) is 29.1 Å². The number of nitrogens with zero attached hydrogens (tertiary/aromatic N) is 1. The predicted molar refractivity (Wildman–Crippen MR) is 94.4 cm³/mol. The summed E-state index contributed by atoms with van der Waals surface area (Å²) in [6, 6.07) is 15.4. The maximum Gasteiger partial charge on any atom is 0.340 e. The fourth-order valence-electron chi connectivity index (χ4n) is 2.87. The maximum absolute atomic E-state index is 14.0. The largest absolute Gasteiger partial charge is 0.460 e. The Labute approximate surface area is 155 Å². The summed E-state index contributed by atoms with van der Waals surface area (Å²) in [6.45, 7) is 0.0888. The molecule has 0 N–H and O–H groups in total. The van der Waals surface area contributed by atoms with Gasteiger partial charge in [-0.1, -0.05) is 30.3 Å². The summed E-state index contributed by atoms with van der Waals surface area (Å²) in [4.78, 5) is 16.0. The number of aromatic nitrogens is 1. The van der Waals surface area contributed by atoms with Crippen molar-refractivity contribution in [3.63, 3.8) is 0 Å². The second-order valence-electron chi connectivity index (χ2n) is 6.04. The van der Waals surface area contributed by atoms with Crippen molar-refractivity contribution in [2.24, 2.45) is 0 Å². The first-order valence-corrected chi connectivity index (χ1v) is 8.42. The molecule has 0 saturated carbocycles. The Morgan fingerprint density at radius 2 is 2.04 bits per heavy atom. The van der Waals surface area contributed by atoms with Crippen LogP contribution in [0.25, 0.3) is 0 Å². The Balaban J connectivity index is 1.55. The molecule has 0 fully saturated rings. The van der Waals surface area contributed by atoms with E-state index in [0.717, 1.165) is 5.56 Å². The maximum atomic E-state index is 14.0. The van der Waals surface area contributed by atoms with Crippen LogP contribution in [0.15, 0.2) is 67.0 Å². The molecule has 6 heteroatoms. The first-order valence-electron chi connectivity index (χ1n) is 8.42. The quantitative estimate of drug-likeness (QED) is 0.649. The van der Waals surface area contributed by atoms with Gasteiger partial charge in [0.2, 0.25) is 6.29 Å². The number of hydrogen-bond donors (Lipinski definition) is 0. The van der Waals surface area contributed by atoms with E-state index >= 15 is 0 Å². The standard InChI is InChI=1S/C21H16FNO4/c22-18-9-16(12-25-20(24)15-7-4-8-23-11-15)19-17(10-18)13-26-21(27-19)14-5-2-1-3-6-14/h1-11,21H,12-13H2/t21-/m1/s1. The second-order valence-corrected chi connectivity index (χ2v) is 6.04. The van der Waals surface area contributed by atoms with Gasteiger partial charge in [-0.3, -0.25) is 4.98 Å². The van der Waals surface area contributed by atoms with Crippen molar-refractivity contribution in [3.8, 4) is 5.75 Å². The lowest BCUT2D eigenvalue weighted by Gasteiger charge is -2.28. The molecule has 0 radical (unpaired) electrons. The molecule has 3 aromatic rings. The SMILES string of the molecule is O=C(OCc1cc(F)cc2c1O[C@H](c1ccccc1)OC2)c1cccnc1. The molecule has 2 heterocycles. The zero-order valence-electron chi connectivity index (χ0n) is 14.3. The van der Waals surface area contributed by atoms with Crippen LogP contribution in [0, 0.1) is 5.82 Å². The molecule has 0 aliphatic carbocycles. The minimum absolute atomic E-state index is 0.116. The van der Waals surface area contributed by atoms with Crippen LogP contribution in [-0.4, -0.2) is 11.0 Å². The zero-order chi connectivity index (χ0) is 18.6. The molecule has 0 spiro atoms. The number of pyridine rings is 1. The average molecular weight is 365 g/mol. The highest BCUT2D eigenvalue weighted by atomic mass is 19.1. The first kappa shape index (κ1) is 17.2. The smallest absolute Gasteiger partial charge is 0.340 e. The molecule has 1 aromatic heterocycles. The molecular formula is C21H16FNO4. The topological polar surface area (TPSA) is 57.7 Å². The summed E-state index contributed by atoms with van der Waals surface area (Å²) in [7, 11) is 0. The predicted octanol–water partition coefficient (Wildman–Crippen LogP) is 4.19. The van der Waals surface area contributed by atoms with Gasteiger partial charge in [0.1, 0.15) is 18.2 Å². The van der Waals surface area contributed by atoms with E-state index in [1.165, 1.54) is 18.3 Å². The van der Waals surface area contributed by atoms with Gasteiger partial charge in [0.15, 0.2) is 0 Å². The molecule has 5 nitrogen and oxygen atoms in total. The third-order valence-electron chi connectivity index (χ3n) is 4.15. The first-order chi connectivity index (χ1) is 13.2. The average Bonchev–Trinajstić information content (AvgIpc) is 2.72. The van der Waals surface area contributed by atoms with Crippen molar-refractivity contribution in [2.75, 3.05) is 0 Å². The number of carbonyl (C=O) groups excluding carboxylic acids is 1. The number of halogens is 1. The highest BCUT2D eigenvalue weighted by molar-refractivity contribution is 5.88. The molecule has 0 amide bonds. The van der Waals surface area contributed by atoms with Gasteiger partial charge < -0.3 is 14.2 Å². The number of rotatable bonds is 4. The Morgan fingerprint density at radius 1 is 1.19 bits per heavy atom. The van der Waals surface area contributed by atoms with E-state index in [1.807, 2.05) is 30.3 Å². The lowest BCUT2D eigenvalue weighted by atomic mass is 10.1. The van der Waals surface area contributed by atoms with E-state index in [-0.39, 0.29) is 13.2 Å². The van der Waals surface area contributed by atoms with Crippen molar-refractivity contribution in [3.05, 3.63) is 95.1 Å². The third kappa shape index (κ3) is 3.80. The normalized spacial score (nSPS) is 15.5. The summed E-state index contributed by atoms with van der Waals surface area (Å²) in [5.41, 5.74) is 2.21. The van der Waals surface area contributed by atoms with Gasteiger partial charge in [0.05, 0.1) is 12.2 Å². The van der Waals surface area contributed by atoms with Gasteiger partial charge in [-0.15, -0.1) is 0 Å². The lowest BCUT2D eigenvalue weighted by molar-refractivity contribution is -0.112. The minimum atomic E-state index is -0.600. The van der Waals surface area contributed by atoms with Crippen molar-refractivity contribution < 1.29 is 23.4 Å². The number of ether oxygens (including phenoxy) is 3. The molecule has 0 bridgehead atoms. The Hall–Kier alpha value is -3.25. The van der Waals surface area contributed by atoms with Gasteiger partial charge in [0.25, 0.3) is 0 Å². The highest BCUT2D eigenvalue weighted by Crippen LogP contribution is 2.36. The van der Waals surface area contributed by atoms with E-state index in [2.05, 4.69) is 4.98 Å².